The number of nitrogens with zero attached hydrogens (tertiary/aromatic N) is 2. The van der Waals surface area contributed by atoms with Crippen molar-refractivity contribution in [3.63, 3.8) is 0 Å². The van der Waals surface area contributed by atoms with E-state index in [4.69, 9.17) is 23.2 Å². The van der Waals surface area contributed by atoms with Gasteiger partial charge in [-0.15, -0.1) is 0 Å². The third-order valence-corrected chi connectivity index (χ3v) is 4.67. The third-order valence-electron chi connectivity index (χ3n) is 2.55. The van der Waals surface area contributed by atoms with Gasteiger partial charge in [-0.2, -0.15) is 5.10 Å². The number of rotatable bonds is 4. The van der Waals surface area contributed by atoms with Crippen LogP contribution in [0.4, 0.5) is 0 Å². The lowest BCUT2D eigenvalue weighted by atomic mass is 10.4. The zero-order valence-corrected chi connectivity index (χ0v) is 12.3. The normalized spacial score (nSPS) is 11.7. The maximum Gasteiger partial charge on any atom is 0.242 e. The second-order valence-corrected chi connectivity index (χ2v) is 6.42. The molecule has 0 saturated carbocycles. The summed E-state index contributed by atoms with van der Waals surface area (Å²) in [5.41, 5.74) is 0.738. The largest absolute Gasteiger partial charge is 0.271 e. The van der Waals surface area contributed by atoms with E-state index in [0.29, 0.717) is 5.02 Å². The molecule has 0 aliphatic carbocycles. The molecule has 0 radical (unpaired) electrons. The fourth-order valence-electron chi connectivity index (χ4n) is 1.50. The highest BCUT2D eigenvalue weighted by Crippen LogP contribution is 2.24. The molecule has 0 aliphatic rings. The number of hydrogen-bond donors (Lipinski definition) is 1. The molecule has 1 heterocycles. The van der Waals surface area contributed by atoms with Gasteiger partial charge in [0, 0.05) is 18.3 Å². The molecule has 2 aromatic rings. The molecular weight excluding hydrogens is 309 g/mol. The van der Waals surface area contributed by atoms with Gasteiger partial charge in [0.1, 0.15) is 4.90 Å². The Labute approximate surface area is 121 Å². The zero-order valence-electron chi connectivity index (χ0n) is 9.97. The van der Waals surface area contributed by atoms with Crippen molar-refractivity contribution in [3.05, 3.63) is 46.2 Å². The van der Waals surface area contributed by atoms with Gasteiger partial charge in [-0.25, -0.2) is 13.1 Å². The Bertz CT molecular complexity index is 698. The van der Waals surface area contributed by atoms with E-state index < -0.39 is 10.0 Å². The average molecular weight is 320 g/mol. The average Bonchev–Trinajstić information content (AvgIpc) is 2.75. The summed E-state index contributed by atoms with van der Waals surface area (Å²) < 4.78 is 28.3. The fraction of sp³-hybridized carbons (Fsp3) is 0.182. The monoisotopic (exact) mass is 319 g/mol. The summed E-state index contributed by atoms with van der Waals surface area (Å²) in [7, 11) is -1.98. The molecule has 0 amide bonds. The third kappa shape index (κ3) is 3.27. The van der Waals surface area contributed by atoms with Gasteiger partial charge in [0.2, 0.25) is 10.0 Å². The summed E-state index contributed by atoms with van der Waals surface area (Å²) in [5, 5.41) is 4.39. The minimum absolute atomic E-state index is 0.0381. The summed E-state index contributed by atoms with van der Waals surface area (Å²) in [6, 6.07) is 6.02. The first-order valence-electron chi connectivity index (χ1n) is 5.32. The zero-order chi connectivity index (χ0) is 14.0. The molecule has 0 bridgehead atoms. The fourth-order valence-corrected chi connectivity index (χ4v) is 3.26. The first-order valence-corrected chi connectivity index (χ1v) is 7.55. The number of halogens is 2. The second-order valence-electron chi connectivity index (χ2n) is 3.85. The van der Waals surface area contributed by atoms with Crippen LogP contribution in [0.5, 0.6) is 0 Å². The van der Waals surface area contributed by atoms with Gasteiger partial charge in [-0.1, -0.05) is 23.2 Å². The minimum Gasteiger partial charge on any atom is -0.271 e. The van der Waals surface area contributed by atoms with Crippen LogP contribution in [-0.4, -0.2) is 18.2 Å². The molecule has 102 valence electrons. The van der Waals surface area contributed by atoms with Gasteiger partial charge >= 0.3 is 0 Å². The van der Waals surface area contributed by atoms with E-state index in [1.807, 2.05) is 0 Å². The van der Waals surface area contributed by atoms with E-state index in [2.05, 4.69) is 9.82 Å². The quantitative estimate of drug-likeness (QED) is 0.939. The van der Waals surface area contributed by atoms with Crippen LogP contribution in [0.3, 0.4) is 0 Å². The number of sulfonamides is 1. The van der Waals surface area contributed by atoms with Crippen LogP contribution in [0, 0.1) is 0 Å². The predicted octanol–water partition coefficient (Wildman–Crippen LogP) is 2.21. The summed E-state index contributed by atoms with van der Waals surface area (Å²) >= 11 is 11.7. The van der Waals surface area contributed by atoms with Crippen LogP contribution in [-0.2, 0) is 23.6 Å². The predicted molar refractivity (Wildman–Crippen MR) is 73.7 cm³/mol. The van der Waals surface area contributed by atoms with Gasteiger partial charge in [0.05, 0.1) is 17.3 Å². The Kier molecular flexibility index (Phi) is 4.15. The number of aromatic nitrogens is 2. The van der Waals surface area contributed by atoms with Gasteiger partial charge in [-0.3, -0.25) is 4.68 Å². The summed E-state index contributed by atoms with van der Waals surface area (Å²) in [5.74, 6) is 0. The molecule has 8 heteroatoms. The molecule has 2 rings (SSSR count). The van der Waals surface area contributed by atoms with E-state index in [0.717, 1.165) is 5.69 Å². The Balaban J connectivity index is 2.23. The molecule has 0 spiro atoms. The lowest BCUT2D eigenvalue weighted by Gasteiger charge is -2.08. The van der Waals surface area contributed by atoms with E-state index in [1.165, 1.54) is 18.2 Å². The summed E-state index contributed by atoms with van der Waals surface area (Å²) in [6.07, 6.45) is 1.59. The highest BCUT2D eigenvalue weighted by Gasteiger charge is 2.18. The first kappa shape index (κ1) is 14.3. The van der Waals surface area contributed by atoms with E-state index >= 15 is 0 Å². The molecule has 0 aliphatic heterocycles. The van der Waals surface area contributed by atoms with Crippen LogP contribution in [0.2, 0.25) is 10.0 Å². The number of aryl methyl sites for hydroxylation is 1. The van der Waals surface area contributed by atoms with Crippen molar-refractivity contribution >= 4 is 33.2 Å². The van der Waals surface area contributed by atoms with Crippen molar-refractivity contribution in [1.82, 2.24) is 14.5 Å². The summed E-state index contributed by atoms with van der Waals surface area (Å²) in [6.45, 7) is 0.127. The molecular formula is C11H11Cl2N3O2S. The maximum absolute atomic E-state index is 12.1. The van der Waals surface area contributed by atoms with Crippen LogP contribution in [0.15, 0.2) is 35.4 Å². The van der Waals surface area contributed by atoms with Crippen molar-refractivity contribution in [1.29, 1.82) is 0 Å². The van der Waals surface area contributed by atoms with Gasteiger partial charge < -0.3 is 0 Å². The highest BCUT2D eigenvalue weighted by atomic mass is 35.5. The van der Waals surface area contributed by atoms with Crippen LogP contribution < -0.4 is 4.72 Å². The van der Waals surface area contributed by atoms with Crippen molar-refractivity contribution in [2.75, 3.05) is 0 Å². The topological polar surface area (TPSA) is 64.0 Å². The highest BCUT2D eigenvalue weighted by molar-refractivity contribution is 7.89. The second kappa shape index (κ2) is 5.50. The molecule has 0 saturated heterocycles. The van der Waals surface area contributed by atoms with E-state index in [-0.39, 0.29) is 16.5 Å². The summed E-state index contributed by atoms with van der Waals surface area (Å²) in [4.78, 5) is -0.0381. The molecule has 5 nitrogen and oxygen atoms in total. The van der Waals surface area contributed by atoms with Crippen molar-refractivity contribution < 1.29 is 8.42 Å². The molecule has 1 aromatic heterocycles. The maximum atomic E-state index is 12.1. The van der Waals surface area contributed by atoms with E-state index in [9.17, 15) is 8.42 Å². The van der Waals surface area contributed by atoms with Crippen molar-refractivity contribution in [3.8, 4) is 0 Å². The lowest BCUT2D eigenvalue weighted by molar-refractivity contribution is 0.577. The number of hydrogen-bond acceptors (Lipinski definition) is 3. The molecule has 1 N–H and O–H groups in total. The van der Waals surface area contributed by atoms with Crippen LogP contribution in [0.25, 0.3) is 0 Å². The van der Waals surface area contributed by atoms with E-state index in [1.54, 1.807) is 24.0 Å². The molecule has 0 atom stereocenters. The Morgan fingerprint density at radius 3 is 2.68 bits per heavy atom. The molecule has 19 heavy (non-hydrogen) atoms. The Morgan fingerprint density at radius 2 is 2.05 bits per heavy atom. The molecule has 0 unspecified atom stereocenters. The van der Waals surface area contributed by atoms with Crippen LogP contribution >= 0.6 is 23.2 Å². The Hall–Kier alpha value is -1.08. The minimum atomic E-state index is -3.71. The van der Waals surface area contributed by atoms with Gasteiger partial charge in [0.15, 0.2) is 0 Å². The Morgan fingerprint density at radius 1 is 1.32 bits per heavy atom. The standard InChI is InChI=1S/C11H11Cl2N3O2S/c1-16-9(4-5-14-16)7-15-19(17,18)11-6-8(12)2-3-10(11)13/h2-6,15H,7H2,1H3. The smallest absolute Gasteiger partial charge is 0.242 e. The van der Waals surface area contributed by atoms with Gasteiger partial charge in [0.25, 0.3) is 0 Å². The van der Waals surface area contributed by atoms with Gasteiger partial charge in [-0.05, 0) is 24.3 Å². The number of benzene rings is 1. The van der Waals surface area contributed by atoms with Crippen molar-refractivity contribution in [2.45, 2.75) is 11.4 Å². The van der Waals surface area contributed by atoms with Crippen molar-refractivity contribution in [2.24, 2.45) is 7.05 Å². The van der Waals surface area contributed by atoms with Crippen LogP contribution in [0.1, 0.15) is 5.69 Å². The molecule has 1 aromatic carbocycles. The number of nitrogens with one attached hydrogen (secondary N) is 1. The SMILES string of the molecule is Cn1nccc1CNS(=O)(=O)c1cc(Cl)ccc1Cl. The first-order chi connectivity index (χ1) is 8.90. The molecule has 0 fully saturated rings. The lowest BCUT2D eigenvalue weighted by Crippen LogP contribution is -2.24.